The maximum absolute atomic E-state index is 6.27. The van der Waals surface area contributed by atoms with Crippen molar-refractivity contribution in [2.75, 3.05) is 4.90 Å². The summed E-state index contributed by atoms with van der Waals surface area (Å²) in [6.45, 7) is 0. The molecule has 9 aromatic carbocycles. The molecule has 258 valence electrons. The fraction of sp³-hybridized carbons (Fsp3) is 0. The summed E-state index contributed by atoms with van der Waals surface area (Å²) in [7, 11) is 0. The van der Waals surface area contributed by atoms with Crippen LogP contribution in [0, 0.1) is 0 Å². The Labute approximate surface area is 322 Å². The number of nitrogens with zero attached hydrogens (tertiary/aromatic N) is 1. The van der Waals surface area contributed by atoms with Gasteiger partial charge in [0.05, 0.1) is 5.69 Å². The van der Waals surface area contributed by atoms with E-state index in [1.54, 1.807) is 0 Å². The average Bonchev–Trinajstić information content (AvgIpc) is 3.83. The minimum absolute atomic E-state index is 0.885. The van der Waals surface area contributed by atoms with E-state index in [4.69, 9.17) is 4.42 Å². The van der Waals surface area contributed by atoms with E-state index in [1.807, 2.05) is 23.5 Å². The van der Waals surface area contributed by atoms with Crippen LogP contribution in [-0.4, -0.2) is 0 Å². The first kappa shape index (κ1) is 31.6. The molecule has 0 atom stereocenters. The number of hydrogen-bond acceptors (Lipinski definition) is 3. The molecule has 0 radical (unpaired) electrons. The van der Waals surface area contributed by atoms with Crippen LogP contribution in [0.4, 0.5) is 17.1 Å². The van der Waals surface area contributed by atoms with Crippen molar-refractivity contribution in [3.63, 3.8) is 0 Å². The highest BCUT2D eigenvalue weighted by Gasteiger charge is 2.21. The molecule has 3 heteroatoms. The van der Waals surface area contributed by atoms with E-state index in [1.165, 1.54) is 64.3 Å². The van der Waals surface area contributed by atoms with E-state index < -0.39 is 0 Å². The fourth-order valence-corrected chi connectivity index (χ4v) is 9.49. The van der Waals surface area contributed by atoms with Crippen LogP contribution in [0.1, 0.15) is 0 Å². The molecule has 0 aliphatic heterocycles. The Morgan fingerprint density at radius 1 is 0.364 bits per heavy atom. The van der Waals surface area contributed by atoms with Gasteiger partial charge in [-0.05, 0) is 81.6 Å². The number of benzene rings is 9. The Kier molecular flexibility index (Phi) is 7.39. The van der Waals surface area contributed by atoms with Gasteiger partial charge in [-0.15, -0.1) is 11.3 Å². The van der Waals surface area contributed by atoms with Crippen LogP contribution < -0.4 is 4.90 Å². The summed E-state index contributed by atoms with van der Waals surface area (Å²) < 4.78 is 8.88. The molecule has 11 aromatic rings. The summed E-state index contributed by atoms with van der Waals surface area (Å²) in [5.74, 6) is 0. The van der Waals surface area contributed by atoms with Gasteiger partial charge in [0.25, 0.3) is 0 Å². The zero-order valence-corrected chi connectivity index (χ0v) is 30.6. The van der Waals surface area contributed by atoms with Gasteiger partial charge in [0.2, 0.25) is 0 Å². The summed E-state index contributed by atoms with van der Waals surface area (Å²) in [6, 6.07) is 72.2. The van der Waals surface area contributed by atoms with Gasteiger partial charge < -0.3 is 9.32 Å². The lowest BCUT2D eigenvalue weighted by atomic mass is 9.96. The van der Waals surface area contributed by atoms with Crippen LogP contribution in [0.15, 0.2) is 205 Å². The van der Waals surface area contributed by atoms with E-state index in [2.05, 4.69) is 193 Å². The third kappa shape index (κ3) is 5.32. The number of fused-ring (bicyclic) bond motifs is 7. The third-order valence-corrected chi connectivity index (χ3v) is 12.1. The van der Waals surface area contributed by atoms with Crippen LogP contribution in [-0.2, 0) is 0 Å². The van der Waals surface area contributed by atoms with Gasteiger partial charge >= 0.3 is 0 Å². The quantitative estimate of drug-likeness (QED) is 0.170. The zero-order valence-electron chi connectivity index (χ0n) is 29.8. The first-order valence-corrected chi connectivity index (χ1v) is 19.5. The molecular weight excluding hydrogens is 687 g/mol. The van der Waals surface area contributed by atoms with Crippen LogP contribution >= 0.6 is 11.3 Å². The monoisotopic (exact) mass is 719 g/mol. The van der Waals surface area contributed by atoms with Gasteiger partial charge in [-0.2, -0.15) is 0 Å². The molecule has 2 heterocycles. The van der Waals surface area contributed by atoms with E-state index in [0.717, 1.165) is 39.0 Å². The van der Waals surface area contributed by atoms with Crippen LogP contribution in [0.5, 0.6) is 0 Å². The molecule has 0 aliphatic rings. The molecule has 2 aromatic heterocycles. The van der Waals surface area contributed by atoms with Crippen molar-refractivity contribution in [3.8, 4) is 33.4 Å². The van der Waals surface area contributed by atoms with E-state index in [-0.39, 0.29) is 0 Å². The molecule has 0 amide bonds. The Bertz CT molecular complexity index is 3200. The number of thiophene rings is 1. The van der Waals surface area contributed by atoms with Gasteiger partial charge in [-0.3, -0.25) is 0 Å². The second-order valence-corrected chi connectivity index (χ2v) is 15.1. The lowest BCUT2D eigenvalue weighted by molar-refractivity contribution is 0.669. The summed E-state index contributed by atoms with van der Waals surface area (Å²) >= 11 is 1.87. The van der Waals surface area contributed by atoms with Gasteiger partial charge in [0.15, 0.2) is 0 Å². The normalized spacial score (nSPS) is 11.6. The Morgan fingerprint density at radius 3 is 1.82 bits per heavy atom. The van der Waals surface area contributed by atoms with Crippen molar-refractivity contribution in [3.05, 3.63) is 200 Å². The van der Waals surface area contributed by atoms with Crippen molar-refractivity contribution in [2.24, 2.45) is 0 Å². The van der Waals surface area contributed by atoms with Gasteiger partial charge in [-0.1, -0.05) is 152 Å². The van der Waals surface area contributed by atoms with Crippen molar-refractivity contribution in [1.29, 1.82) is 0 Å². The molecule has 2 nitrogen and oxygen atoms in total. The van der Waals surface area contributed by atoms with Gasteiger partial charge in [0.1, 0.15) is 11.2 Å². The molecule has 0 aliphatic carbocycles. The number of anilines is 3. The van der Waals surface area contributed by atoms with Crippen molar-refractivity contribution in [1.82, 2.24) is 0 Å². The predicted molar refractivity (Wildman–Crippen MR) is 235 cm³/mol. The zero-order chi connectivity index (χ0) is 36.3. The Hall–Kier alpha value is -6.94. The van der Waals surface area contributed by atoms with E-state index in [0.29, 0.717) is 0 Å². The summed E-state index contributed by atoms with van der Waals surface area (Å²) in [4.78, 5) is 2.40. The number of hydrogen-bond donors (Lipinski definition) is 0. The summed E-state index contributed by atoms with van der Waals surface area (Å²) in [6.07, 6.45) is 0. The average molecular weight is 720 g/mol. The lowest BCUT2D eigenvalue weighted by Gasteiger charge is -2.28. The molecular formula is C52H33NOS. The molecule has 0 saturated carbocycles. The first-order chi connectivity index (χ1) is 27.3. The largest absolute Gasteiger partial charge is 0.456 e. The fourth-order valence-electron chi connectivity index (χ4n) is 8.26. The molecule has 0 unspecified atom stereocenters. The maximum Gasteiger partial charge on any atom is 0.135 e. The second kappa shape index (κ2) is 12.9. The standard InChI is InChI=1S/C52H33NOS/c1-2-13-40-36(11-1)12-9-17-41(40)37-25-23-34(24-26-37)35-27-29-38(30-28-35)53(39-31-32-50-47(33-39)43-15-4-7-21-49(43)54-50)48-20-6-3-14-42(48)45-18-10-19-46-44-16-5-8-22-51(44)55-52(45)46/h1-33H. The van der Waals surface area contributed by atoms with Crippen molar-refractivity contribution < 1.29 is 4.42 Å². The highest BCUT2D eigenvalue weighted by atomic mass is 32.1. The molecule has 0 bridgehead atoms. The van der Waals surface area contributed by atoms with Crippen LogP contribution in [0.3, 0.4) is 0 Å². The van der Waals surface area contributed by atoms with Gasteiger partial charge in [0, 0.05) is 53.4 Å². The molecule has 0 fully saturated rings. The second-order valence-electron chi connectivity index (χ2n) is 14.1. The molecule has 11 rings (SSSR count). The molecule has 0 saturated heterocycles. The topological polar surface area (TPSA) is 16.4 Å². The van der Waals surface area contributed by atoms with Crippen LogP contribution in [0.25, 0.3) is 86.3 Å². The highest BCUT2D eigenvalue weighted by molar-refractivity contribution is 7.26. The molecule has 55 heavy (non-hydrogen) atoms. The van der Waals surface area contributed by atoms with E-state index in [9.17, 15) is 0 Å². The van der Waals surface area contributed by atoms with Crippen LogP contribution in [0.2, 0.25) is 0 Å². The SMILES string of the molecule is c1ccc(N(c2ccc(-c3ccc(-c4cccc5ccccc45)cc3)cc2)c2ccc3oc4ccccc4c3c2)c(-c2cccc3c2sc2ccccc23)c1. The first-order valence-electron chi connectivity index (χ1n) is 18.7. The number of furan rings is 1. The lowest BCUT2D eigenvalue weighted by Crippen LogP contribution is -2.11. The third-order valence-electron chi connectivity index (χ3n) is 10.9. The van der Waals surface area contributed by atoms with Gasteiger partial charge in [-0.25, -0.2) is 0 Å². The minimum atomic E-state index is 0.885. The predicted octanol–water partition coefficient (Wildman–Crippen LogP) is 15.6. The maximum atomic E-state index is 6.27. The molecule has 0 N–H and O–H groups in total. The Balaban J connectivity index is 1.04. The molecule has 0 spiro atoms. The number of rotatable bonds is 6. The Morgan fingerprint density at radius 2 is 0.945 bits per heavy atom. The van der Waals surface area contributed by atoms with Crippen molar-refractivity contribution in [2.45, 2.75) is 0 Å². The highest BCUT2D eigenvalue weighted by Crippen LogP contribution is 2.47. The van der Waals surface area contributed by atoms with E-state index >= 15 is 0 Å². The summed E-state index contributed by atoms with van der Waals surface area (Å²) in [5, 5.41) is 7.34. The van der Waals surface area contributed by atoms with Crippen molar-refractivity contribution >= 4 is 81.3 Å². The smallest absolute Gasteiger partial charge is 0.135 e. The minimum Gasteiger partial charge on any atom is -0.456 e. The summed E-state index contributed by atoms with van der Waals surface area (Å²) in [5.41, 5.74) is 12.3. The number of para-hydroxylation sites is 2.